The number of carbonyl (C=O) groups is 1. The Kier molecular flexibility index (Phi) is 3.64. The van der Waals surface area contributed by atoms with Crippen molar-refractivity contribution in [1.82, 2.24) is 14.8 Å². The fourth-order valence-corrected chi connectivity index (χ4v) is 2.84. The second-order valence-electron chi connectivity index (χ2n) is 4.94. The van der Waals surface area contributed by atoms with Crippen LogP contribution >= 0.6 is 11.3 Å². The van der Waals surface area contributed by atoms with Gasteiger partial charge in [-0.3, -0.25) is 4.68 Å². The van der Waals surface area contributed by atoms with E-state index in [1.807, 2.05) is 22.9 Å². The Morgan fingerprint density at radius 2 is 2.35 bits per heavy atom. The number of hydrogen-bond donors (Lipinski definition) is 1. The SMILES string of the molecule is O=C(O)c1cnc(C=Cc2ccnn2CC2CCC2)s1. The summed E-state index contributed by atoms with van der Waals surface area (Å²) in [6.07, 6.45) is 10.9. The van der Waals surface area contributed by atoms with Crippen LogP contribution < -0.4 is 0 Å². The zero-order valence-corrected chi connectivity index (χ0v) is 11.7. The first-order valence-electron chi connectivity index (χ1n) is 6.61. The molecule has 2 aromatic heterocycles. The van der Waals surface area contributed by atoms with Gasteiger partial charge in [0.15, 0.2) is 0 Å². The summed E-state index contributed by atoms with van der Waals surface area (Å²) in [6.45, 7) is 0.963. The van der Waals surface area contributed by atoms with Crippen molar-refractivity contribution in [3.63, 3.8) is 0 Å². The summed E-state index contributed by atoms with van der Waals surface area (Å²) in [6, 6.07) is 1.96. The molecule has 0 aromatic carbocycles. The van der Waals surface area contributed by atoms with Crippen LogP contribution in [0.4, 0.5) is 0 Å². The van der Waals surface area contributed by atoms with Crippen LogP contribution in [0.1, 0.15) is 39.6 Å². The first-order chi connectivity index (χ1) is 9.72. The Morgan fingerprint density at radius 3 is 3.00 bits per heavy atom. The number of nitrogens with zero attached hydrogens (tertiary/aromatic N) is 3. The van der Waals surface area contributed by atoms with E-state index < -0.39 is 5.97 Å². The number of aromatic nitrogens is 3. The van der Waals surface area contributed by atoms with Crippen LogP contribution in [0.15, 0.2) is 18.5 Å². The van der Waals surface area contributed by atoms with Gasteiger partial charge in [0.25, 0.3) is 0 Å². The molecule has 3 rings (SSSR count). The van der Waals surface area contributed by atoms with Crippen LogP contribution in [0.2, 0.25) is 0 Å². The van der Waals surface area contributed by atoms with E-state index in [0.717, 1.165) is 18.2 Å². The van der Waals surface area contributed by atoms with E-state index >= 15 is 0 Å². The Bertz CT molecular complexity index is 640. The molecule has 0 aliphatic heterocycles. The summed E-state index contributed by atoms with van der Waals surface area (Å²) in [5.74, 6) is -0.183. The van der Waals surface area contributed by atoms with Gasteiger partial charge in [0.1, 0.15) is 9.88 Å². The molecule has 1 fully saturated rings. The van der Waals surface area contributed by atoms with Crippen molar-refractivity contribution in [2.45, 2.75) is 25.8 Å². The maximum Gasteiger partial charge on any atom is 0.347 e. The Labute approximate surface area is 120 Å². The van der Waals surface area contributed by atoms with Crippen LogP contribution in [-0.2, 0) is 6.54 Å². The summed E-state index contributed by atoms with van der Waals surface area (Å²) in [4.78, 5) is 15.1. The number of carboxylic acid groups (broad SMARTS) is 1. The molecule has 5 nitrogen and oxygen atoms in total. The Hall–Kier alpha value is -1.95. The highest BCUT2D eigenvalue weighted by Gasteiger charge is 2.18. The molecule has 0 amide bonds. The monoisotopic (exact) mass is 289 g/mol. The van der Waals surface area contributed by atoms with E-state index in [1.54, 1.807) is 6.20 Å². The highest BCUT2D eigenvalue weighted by molar-refractivity contribution is 7.14. The zero-order chi connectivity index (χ0) is 13.9. The second-order valence-corrected chi connectivity index (χ2v) is 6.00. The van der Waals surface area contributed by atoms with Gasteiger partial charge in [-0.25, -0.2) is 9.78 Å². The minimum atomic E-state index is -0.933. The first kappa shape index (κ1) is 13.1. The predicted molar refractivity (Wildman–Crippen MR) is 77.6 cm³/mol. The number of rotatable bonds is 5. The lowest BCUT2D eigenvalue weighted by Gasteiger charge is -2.25. The molecule has 0 atom stereocenters. The van der Waals surface area contributed by atoms with Crippen LogP contribution in [0.5, 0.6) is 0 Å². The Morgan fingerprint density at radius 1 is 1.50 bits per heavy atom. The summed E-state index contributed by atoms with van der Waals surface area (Å²) in [5.41, 5.74) is 1.03. The number of hydrogen-bond acceptors (Lipinski definition) is 4. The zero-order valence-electron chi connectivity index (χ0n) is 10.9. The lowest BCUT2D eigenvalue weighted by molar-refractivity contribution is 0.0702. The third-order valence-corrected chi connectivity index (χ3v) is 4.49. The molecule has 0 saturated heterocycles. The summed E-state index contributed by atoms with van der Waals surface area (Å²) < 4.78 is 2.01. The van der Waals surface area contributed by atoms with Crippen molar-refractivity contribution >= 4 is 29.5 Å². The molecule has 1 aliphatic rings. The molecule has 20 heavy (non-hydrogen) atoms. The highest BCUT2D eigenvalue weighted by atomic mass is 32.1. The predicted octanol–water partition coefficient (Wildman–Crippen LogP) is 3.01. The van der Waals surface area contributed by atoms with Gasteiger partial charge >= 0.3 is 5.97 Å². The van der Waals surface area contributed by atoms with E-state index in [9.17, 15) is 4.79 Å². The molecular weight excluding hydrogens is 274 g/mol. The summed E-state index contributed by atoms with van der Waals surface area (Å²) in [5, 5.41) is 13.9. The van der Waals surface area contributed by atoms with Crippen LogP contribution in [0.25, 0.3) is 12.2 Å². The van der Waals surface area contributed by atoms with Gasteiger partial charge in [-0.1, -0.05) is 6.42 Å². The maximum atomic E-state index is 10.8. The van der Waals surface area contributed by atoms with E-state index in [0.29, 0.717) is 5.01 Å². The van der Waals surface area contributed by atoms with Gasteiger partial charge < -0.3 is 5.11 Å². The number of aromatic carboxylic acids is 1. The normalized spacial score (nSPS) is 15.6. The summed E-state index contributed by atoms with van der Waals surface area (Å²) in [7, 11) is 0. The van der Waals surface area contributed by atoms with Crippen molar-refractivity contribution in [3.05, 3.63) is 34.0 Å². The molecule has 104 valence electrons. The summed E-state index contributed by atoms with van der Waals surface area (Å²) >= 11 is 1.17. The molecular formula is C14H15N3O2S. The van der Waals surface area contributed by atoms with E-state index in [-0.39, 0.29) is 4.88 Å². The molecule has 0 radical (unpaired) electrons. The van der Waals surface area contributed by atoms with E-state index in [1.165, 1.54) is 36.8 Å². The highest BCUT2D eigenvalue weighted by Crippen LogP contribution is 2.28. The van der Waals surface area contributed by atoms with Crippen LogP contribution in [0.3, 0.4) is 0 Å². The lowest BCUT2D eigenvalue weighted by Crippen LogP contribution is -2.19. The number of thiazole rings is 1. The maximum absolute atomic E-state index is 10.8. The van der Waals surface area contributed by atoms with E-state index in [2.05, 4.69) is 10.1 Å². The van der Waals surface area contributed by atoms with Crippen molar-refractivity contribution < 1.29 is 9.90 Å². The molecule has 2 aromatic rings. The minimum Gasteiger partial charge on any atom is -0.477 e. The van der Waals surface area contributed by atoms with Crippen molar-refractivity contribution in [1.29, 1.82) is 0 Å². The van der Waals surface area contributed by atoms with Gasteiger partial charge in [0.05, 0.1) is 11.9 Å². The lowest BCUT2D eigenvalue weighted by atomic mass is 9.85. The smallest absolute Gasteiger partial charge is 0.347 e. The minimum absolute atomic E-state index is 0.257. The first-order valence-corrected chi connectivity index (χ1v) is 7.43. The molecule has 0 spiro atoms. The second kappa shape index (κ2) is 5.58. The largest absolute Gasteiger partial charge is 0.477 e. The molecule has 1 N–H and O–H groups in total. The van der Waals surface area contributed by atoms with Gasteiger partial charge in [0.2, 0.25) is 0 Å². The van der Waals surface area contributed by atoms with Crippen molar-refractivity contribution in [2.24, 2.45) is 5.92 Å². The van der Waals surface area contributed by atoms with E-state index in [4.69, 9.17) is 5.11 Å². The van der Waals surface area contributed by atoms with Crippen LogP contribution in [0, 0.1) is 5.92 Å². The average Bonchev–Trinajstić information content (AvgIpc) is 3.00. The van der Waals surface area contributed by atoms with Gasteiger partial charge in [-0.15, -0.1) is 11.3 Å². The quantitative estimate of drug-likeness (QED) is 0.918. The fourth-order valence-electron chi connectivity index (χ4n) is 2.18. The molecule has 2 heterocycles. The Balaban J connectivity index is 1.71. The van der Waals surface area contributed by atoms with Crippen molar-refractivity contribution in [2.75, 3.05) is 0 Å². The molecule has 1 aliphatic carbocycles. The third-order valence-electron chi connectivity index (χ3n) is 3.54. The fraction of sp³-hybridized carbons (Fsp3) is 0.357. The molecule has 0 bridgehead atoms. The van der Waals surface area contributed by atoms with Crippen molar-refractivity contribution in [3.8, 4) is 0 Å². The van der Waals surface area contributed by atoms with Gasteiger partial charge in [-0.05, 0) is 37.0 Å². The third kappa shape index (κ3) is 2.80. The topological polar surface area (TPSA) is 68.0 Å². The van der Waals surface area contributed by atoms with Crippen LogP contribution in [-0.4, -0.2) is 25.8 Å². The number of carboxylic acids is 1. The average molecular weight is 289 g/mol. The molecule has 1 saturated carbocycles. The van der Waals surface area contributed by atoms with Gasteiger partial charge in [-0.2, -0.15) is 5.10 Å². The van der Waals surface area contributed by atoms with Gasteiger partial charge in [0, 0.05) is 12.7 Å². The molecule has 0 unspecified atom stereocenters. The molecule has 6 heteroatoms. The standard InChI is InChI=1S/C14H15N3O2S/c18-14(19)12-8-15-13(20-12)5-4-11-6-7-16-17(11)9-10-2-1-3-10/h4-8,10H,1-3,9H2,(H,18,19).